The summed E-state index contributed by atoms with van der Waals surface area (Å²) >= 11 is 0. The molecule has 4 amide bonds. The first-order valence-electron chi connectivity index (χ1n) is 32.1. The lowest BCUT2D eigenvalue weighted by molar-refractivity contribution is -0.345. The van der Waals surface area contributed by atoms with Gasteiger partial charge < -0.3 is 74.6 Å². The maximum atomic E-state index is 16.4. The van der Waals surface area contributed by atoms with E-state index >= 15 is 4.79 Å². The van der Waals surface area contributed by atoms with Crippen molar-refractivity contribution in [3.8, 4) is 0 Å². The molecule has 2 saturated carbocycles. The Morgan fingerprint density at radius 1 is 0.695 bits per heavy atom. The Labute approximate surface area is 552 Å². The molecule has 5 aromatic carbocycles. The monoisotopic (exact) mass is 1310 g/mol. The van der Waals surface area contributed by atoms with Crippen LogP contribution in [0, 0.1) is 16.7 Å². The molecule has 23 nitrogen and oxygen atoms in total. The van der Waals surface area contributed by atoms with Crippen molar-refractivity contribution in [2.45, 2.75) is 140 Å². The number of carbonyl (C=O) groups excluding carboxylic acids is 8. The lowest BCUT2D eigenvalue weighted by Gasteiger charge is -2.67. The summed E-state index contributed by atoms with van der Waals surface area (Å²) in [6.45, 7) is 7.84. The molecule has 1 aliphatic heterocycles. The number of nitrogens with two attached hydrogens (primary N) is 1. The highest BCUT2D eigenvalue weighted by Gasteiger charge is 2.78. The minimum atomic E-state index is -2.54. The summed E-state index contributed by atoms with van der Waals surface area (Å²) in [5, 5.41) is 44.3. The van der Waals surface area contributed by atoms with Crippen LogP contribution in [0.3, 0.4) is 0 Å². The highest BCUT2D eigenvalue weighted by Crippen LogP contribution is 2.64. The first-order valence-corrected chi connectivity index (χ1v) is 32.1. The van der Waals surface area contributed by atoms with Gasteiger partial charge in [-0.1, -0.05) is 141 Å². The molecule has 9 rings (SSSR count). The molecule has 0 aromatic heterocycles. The Hall–Kier alpha value is -9.00. The predicted octanol–water partition coefficient (Wildman–Crippen LogP) is 7.70. The van der Waals surface area contributed by atoms with E-state index in [-0.39, 0.29) is 68.0 Å². The number of nitrogens with zero attached hydrogens (tertiary/aromatic N) is 2. The smallest absolute Gasteiger partial charge is 0.410 e. The summed E-state index contributed by atoms with van der Waals surface area (Å²) in [5.41, 5.74) is -0.571. The van der Waals surface area contributed by atoms with Crippen molar-refractivity contribution in [1.29, 1.82) is 0 Å². The number of aliphatic hydroxyl groups is 3. The third-order valence-electron chi connectivity index (χ3n) is 19.0. The van der Waals surface area contributed by atoms with E-state index in [4.69, 9.17) is 38.9 Å². The van der Waals surface area contributed by atoms with Crippen molar-refractivity contribution < 1.29 is 86.8 Å². The number of hydrogen-bond acceptors (Lipinski definition) is 19. The number of benzene rings is 5. The summed E-state index contributed by atoms with van der Waals surface area (Å²) in [5.74, 6) is -6.41. The van der Waals surface area contributed by atoms with E-state index in [0.29, 0.717) is 44.5 Å². The summed E-state index contributed by atoms with van der Waals surface area (Å²) in [7, 11) is 0. The van der Waals surface area contributed by atoms with Crippen molar-refractivity contribution in [1.82, 2.24) is 20.4 Å². The summed E-state index contributed by atoms with van der Waals surface area (Å²) in [6.07, 6.45) is -12.3. The van der Waals surface area contributed by atoms with Gasteiger partial charge in [0.05, 0.1) is 35.6 Å². The Kier molecular flexibility index (Phi) is 23.0. The van der Waals surface area contributed by atoms with Gasteiger partial charge in [0.2, 0.25) is 0 Å². The molecule has 1 saturated heterocycles. The molecule has 2 bridgehead atoms. The number of unbranched alkanes of at least 4 members (excludes halogenated alkanes) is 1. The average molecular weight is 1310 g/mol. The van der Waals surface area contributed by atoms with Crippen LogP contribution in [0.2, 0.25) is 0 Å². The number of hydrogen-bond donors (Lipinski definition) is 6. The van der Waals surface area contributed by atoms with E-state index in [0.717, 1.165) is 18.1 Å². The summed E-state index contributed by atoms with van der Waals surface area (Å²) < 4.78 is 42.7. The van der Waals surface area contributed by atoms with Gasteiger partial charge in [-0.05, 0) is 98.2 Å². The molecule has 4 aliphatic rings. The first kappa shape index (κ1) is 70.3. The molecular formula is C72H85N5O18. The molecule has 3 aliphatic carbocycles. The van der Waals surface area contributed by atoms with E-state index in [1.807, 2.05) is 60.7 Å². The van der Waals surface area contributed by atoms with Crippen LogP contribution in [0.4, 0.5) is 14.4 Å². The molecule has 2 unspecified atom stereocenters. The maximum Gasteiger partial charge on any atom is 0.410 e. The summed E-state index contributed by atoms with van der Waals surface area (Å²) in [6, 6.07) is 41.0. The third-order valence-corrected chi connectivity index (χ3v) is 19.0. The molecule has 0 spiro atoms. The van der Waals surface area contributed by atoms with Crippen LogP contribution in [0.25, 0.3) is 0 Å². The number of carbonyl (C=O) groups is 8. The van der Waals surface area contributed by atoms with Gasteiger partial charge in [0, 0.05) is 63.5 Å². The normalized spacial score (nSPS) is 24.6. The zero-order chi connectivity index (χ0) is 68.1. The zero-order valence-corrected chi connectivity index (χ0v) is 54.1. The van der Waals surface area contributed by atoms with E-state index < -0.39 is 132 Å². The van der Waals surface area contributed by atoms with Crippen LogP contribution in [0.1, 0.15) is 117 Å². The number of esters is 3. The second-order valence-corrected chi connectivity index (χ2v) is 25.3. The molecule has 3 fully saturated rings. The van der Waals surface area contributed by atoms with E-state index in [1.165, 1.54) is 44.7 Å². The van der Waals surface area contributed by atoms with Gasteiger partial charge in [0.1, 0.15) is 37.1 Å². The van der Waals surface area contributed by atoms with Crippen LogP contribution < -0.4 is 16.4 Å². The molecule has 95 heavy (non-hydrogen) atoms. The lowest BCUT2D eigenvalue weighted by Crippen LogP contribution is -2.82. The van der Waals surface area contributed by atoms with Crippen LogP contribution in [0.5, 0.6) is 0 Å². The fourth-order valence-corrected chi connectivity index (χ4v) is 13.7. The van der Waals surface area contributed by atoms with Gasteiger partial charge in [0.15, 0.2) is 23.6 Å². The maximum absolute atomic E-state index is 16.4. The number of Topliss-reactive ketones (excluding diaryl/α,β-unsaturated/α-hetero) is 1. The molecule has 0 radical (unpaired) electrons. The van der Waals surface area contributed by atoms with E-state index in [9.17, 15) is 48.9 Å². The fraction of sp³-hybridized carbons (Fsp3) is 0.444. The minimum absolute atomic E-state index is 0.0195. The van der Waals surface area contributed by atoms with Gasteiger partial charge >= 0.3 is 36.2 Å². The number of alkyl carbamates (subject to hydrolysis) is 1. The number of aliphatic hydroxyl groups excluding tert-OH is 2. The van der Waals surface area contributed by atoms with E-state index in [1.54, 1.807) is 83.8 Å². The fourth-order valence-electron chi connectivity index (χ4n) is 13.7. The van der Waals surface area contributed by atoms with Gasteiger partial charge in [-0.2, -0.15) is 0 Å². The molecule has 5 aromatic rings. The Bertz CT molecular complexity index is 3530. The molecule has 11 atom stereocenters. The number of nitrogens with one attached hydrogen (secondary N) is 2. The Balaban J connectivity index is 1.02. The Morgan fingerprint density at radius 3 is 1.74 bits per heavy atom. The molecule has 506 valence electrons. The number of ether oxygens (including phenoxy) is 7. The SMILES string of the molecule is CC(=O)O[C@@]12CO[C@@H]1C[C@H](O)[C@@]1(C)C(=O)[C@H](OC(=O)NCCCN(CCCCN(CCCN)C(=O)OCc3ccccc3)C(=O)OCc3ccccc3)C3=C(C)[C@@H](OC(=O)[C@H](O)C(NC(=O)c4ccccc4)c4ccccc4)C[C@@](O)([C@@H](OC(=O)c4ccccc4)C12)C3(C)C. The van der Waals surface area contributed by atoms with Gasteiger partial charge in [-0.15, -0.1) is 0 Å². The van der Waals surface area contributed by atoms with Crippen molar-refractivity contribution in [3.05, 3.63) is 191 Å². The Morgan fingerprint density at radius 2 is 1.21 bits per heavy atom. The average Bonchev–Trinajstić information content (AvgIpc) is 0.670. The highest BCUT2D eigenvalue weighted by atomic mass is 16.6. The predicted molar refractivity (Wildman–Crippen MR) is 344 cm³/mol. The lowest BCUT2D eigenvalue weighted by atomic mass is 9.44. The van der Waals surface area contributed by atoms with E-state index in [2.05, 4.69) is 10.6 Å². The highest BCUT2D eigenvalue weighted by molar-refractivity contribution is 5.96. The van der Waals surface area contributed by atoms with Crippen molar-refractivity contribution >= 4 is 47.9 Å². The molecule has 1 heterocycles. The molecular weight excluding hydrogens is 1220 g/mol. The number of amides is 4. The van der Waals surface area contributed by atoms with Crippen molar-refractivity contribution in [2.24, 2.45) is 22.5 Å². The van der Waals surface area contributed by atoms with Crippen molar-refractivity contribution in [3.63, 3.8) is 0 Å². The van der Waals surface area contributed by atoms with Crippen molar-refractivity contribution in [2.75, 3.05) is 45.9 Å². The molecule has 23 heteroatoms. The second-order valence-electron chi connectivity index (χ2n) is 25.3. The van der Waals surface area contributed by atoms with Crippen LogP contribution in [0.15, 0.2) is 163 Å². The number of rotatable bonds is 26. The first-order chi connectivity index (χ1) is 45.5. The van der Waals surface area contributed by atoms with Gasteiger partial charge in [-0.3, -0.25) is 14.4 Å². The largest absolute Gasteiger partial charge is 0.456 e. The third kappa shape index (κ3) is 15.6. The number of fused-ring (bicyclic) bond motifs is 5. The quantitative estimate of drug-likeness (QED) is 0.0134. The zero-order valence-electron chi connectivity index (χ0n) is 54.1. The summed E-state index contributed by atoms with van der Waals surface area (Å²) in [4.78, 5) is 118. The topological polar surface area (TPSA) is 318 Å². The minimum Gasteiger partial charge on any atom is -0.456 e. The standard InChI is InChI=1S/C72H85N5O18/c1-46-53(92-65(84)58(80)57(50-29-15-8-16-30-50)75-63(82)51-31-17-9-18-32-51)42-72(88)62(94-64(83)52-33-19-10-20-34-52)60-70(5,54(79)41-55-71(60,45-91-55)95-47(2)78)61(81)59(56(46)69(72,3)4)93-66(85)74-36-24-40-77(68(87)90-44-49-27-13-7-14-28-49)38-22-21-37-76(39-23-35-73)67(86)89-43-48-25-11-6-12-26-48/h6-20,25-34,53-55,57-60,62,79-80,88H,21-24,35-45,73H2,1-5H3,(H,74,85)(H,75,82)/t53-,54-,55+,57?,58+,59+,60?,62-,70+,71-,72+/m0/s1. The number of ketones is 1. The second kappa shape index (κ2) is 31.0. The van der Waals surface area contributed by atoms with Crippen LogP contribution >= 0.6 is 0 Å². The van der Waals surface area contributed by atoms with Gasteiger partial charge in [-0.25, -0.2) is 24.0 Å². The van der Waals surface area contributed by atoms with Crippen LogP contribution in [-0.2, 0) is 60.8 Å². The molecule has 7 N–H and O–H groups in total. The van der Waals surface area contributed by atoms with Crippen LogP contribution in [-0.4, -0.2) is 167 Å². The van der Waals surface area contributed by atoms with Gasteiger partial charge in [0.25, 0.3) is 5.91 Å².